The summed E-state index contributed by atoms with van der Waals surface area (Å²) in [5.74, 6) is 0.525. The number of benzene rings is 2. The van der Waals surface area contributed by atoms with Crippen molar-refractivity contribution < 1.29 is 14.3 Å². The Hall–Kier alpha value is -2.79. The Bertz CT molecular complexity index is 860. The van der Waals surface area contributed by atoms with Crippen molar-refractivity contribution in [2.75, 3.05) is 13.1 Å². The van der Waals surface area contributed by atoms with Crippen LogP contribution in [0.25, 0.3) is 11.0 Å². The molecule has 0 unspecified atom stereocenters. The van der Waals surface area contributed by atoms with E-state index >= 15 is 0 Å². The van der Waals surface area contributed by atoms with Crippen LogP contribution in [0.5, 0.6) is 5.75 Å². The van der Waals surface area contributed by atoms with Crippen molar-refractivity contribution >= 4 is 16.9 Å². The minimum Gasteiger partial charge on any atom is -0.508 e. The summed E-state index contributed by atoms with van der Waals surface area (Å²) in [5, 5.41) is 13.4. The van der Waals surface area contributed by atoms with Crippen LogP contribution < -0.4 is 5.32 Å². The van der Waals surface area contributed by atoms with Gasteiger partial charge in [0.1, 0.15) is 11.3 Å². The number of fused-ring (bicyclic) bond motifs is 1. The molecule has 2 heterocycles. The first kappa shape index (κ1) is 16.7. The van der Waals surface area contributed by atoms with E-state index in [0.717, 1.165) is 43.4 Å². The minimum absolute atomic E-state index is 0.141. The predicted molar refractivity (Wildman–Crippen MR) is 100 cm³/mol. The van der Waals surface area contributed by atoms with Gasteiger partial charge in [0.25, 0.3) is 5.91 Å². The van der Waals surface area contributed by atoms with Gasteiger partial charge in [0.15, 0.2) is 5.76 Å². The Morgan fingerprint density at radius 3 is 2.58 bits per heavy atom. The predicted octanol–water partition coefficient (Wildman–Crippen LogP) is 3.53. The van der Waals surface area contributed by atoms with Crippen LogP contribution in [0.2, 0.25) is 0 Å². The average molecular weight is 350 g/mol. The Kier molecular flexibility index (Phi) is 4.63. The van der Waals surface area contributed by atoms with Gasteiger partial charge in [0, 0.05) is 31.1 Å². The number of amides is 1. The van der Waals surface area contributed by atoms with Crippen molar-refractivity contribution in [3.8, 4) is 5.75 Å². The first-order valence-corrected chi connectivity index (χ1v) is 8.97. The lowest BCUT2D eigenvalue weighted by atomic mass is 10.0. The van der Waals surface area contributed by atoms with E-state index in [2.05, 4.69) is 10.2 Å². The van der Waals surface area contributed by atoms with Gasteiger partial charge in [-0.05, 0) is 42.7 Å². The second kappa shape index (κ2) is 7.22. The molecular formula is C21H22N2O3. The van der Waals surface area contributed by atoms with Crippen LogP contribution in [0.1, 0.15) is 29.0 Å². The number of phenols is 1. The molecule has 0 atom stereocenters. The second-order valence-electron chi connectivity index (χ2n) is 6.84. The largest absolute Gasteiger partial charge is 0.508 e. The molecule has 0 bridgehead atoms. The molecular weight excluding hydrogens is 328 g/mol. The zero-order valence-corrected chi connectivity index (χ0v) is 14.5. The second-order valence-corrected chi connectivity index (χ2v) is 6.84. The van der Waals surface area contributed by atoms with E-state index in [1.807, 2.05) is 36.4 Å². The first-order valence-electron chi connectivity index (χ1n) is 8.97. The van der Waals surface area contributed by atoms with Crippen LogP contribution in [0, 0.1) is 0 Å². The van der Waals surface area contributed by atoms with Crippen molar-refractivity contribution in [3.05, 3.63) is 65.9 Å². The first-order chi connectivity index (χ1) is 12.7. The molecule has 4 rings (SSSR count). The van der Waals surface area contributed by atoms with E-state index in [9.17, 15) is 9.90 Å². The zero-order chi connectivity index (χ0) is 17.9. The number of carbonyl (C=O) groups is 1. The molecule has 5 nitrogen and oxygen atoms in total. The molecule has 0 spiro atoms. The molecule has 2 N–H and O–H groups in total. The lowest BCUT2D eigenvalue weighted by Gasteiger charge is -2.32. The standard InChI is InChI=1S/C21H22N2O3/c24-18-7-5-15(6-8-18)14-23-11-9-17(10-12-23)22-21(25)20-13-16-3-1-2-4-19(16)26-20/h1-8,13,17,24H,9-12,14H2,(H,22,25). The van der Waals surface area contributed by atoms with Gasteiger partial charge in [0.05, 0.1) is 0 Å². The normalized spacial score (nSPS) is 16.0. The van der Waals surface area contributed by atoms with E-state index in [0.29, 0.717) is 11.5 Å². The van der Waals surface area contributed by atoms with Gasteiger partial charge in [-0.25, -0.2) is 0 Å². The SMILES string of the molecule is O=C(NC1CCN(Cc2ccc(O)cc2)CC1)c1cc2ccccc2o1. The van der Waals surface area contributed by atoms with E-state index in [1.165, 1.54) is 5.56 Å². The third kappa shape index (κ3) is 3.73. The third-order valence-corrected chi connectivity index (χ3v) is 4.91. The van der Waals surface area contributed by atoms with Crippen molar-refractivity contribution in [3.63, 3.8) is 0 Å². The number of carbonyl (C=O) groups excluding carboxylic acids is 1. The van der Waals surface area contributed by atoms with Gasteiger partial charge in [0.2, 0.25) is 0 Å². The number of hydrogen-bond donors (Lipinski definition) is 2. The van der Waals surface area contributed by atoms with Crippen molar-refractivity contribution in [2.24, 2.45) is 0 Å². The lowest BCUT2D eigenvalue weighted by molar-refractivity contribution is 0.0883. The number of phenolic OH excluding ortho intramolecular Hbond substituents is 1. The summed E-state index contributed by atoms with van der Waals surface area (Å²) in [7, 11) is 0. The molecule has 3 aromatic rings. The Morgan fingerprint density at radius 1 is 1.12 bits per heavy atom. The topological polar surface area (TPSA) is 65.7 Å². The van der Waals surface area contributed by atoms with Gasteiger partial charge in [-0.2, -0.15) is 0 Å². The van der Waals surface area contributed by atoms with Gasteiger partial charge < -0.3 is 14.8 Å². The summed E-state index contributed by atoms with van der Waals surface area (Å²) >= 11 is 0. The molecule has 1 saturated heterocycles. The fraction of sp³-hybridized carbons (Fsp3) is 0.286. The maximum absolute atomic E-state index is 12.4. The van der Waals surface area contributed by atoms with Gasteiger partial charge in [-0.3, -0.25) is 9.69 Å². The summed E-state index contributed by atoms with van der Waals surface area (Å²) in [6.45, 7) is 2.74. The van der Waals surface area contributed by atoms with Crippen LogP contribution in [-0.4, -0.2) is 35.0 Å². The molecule has 1 aliphatic heterocycles. The zero-order valence-electron chi connectivity index (χ0n) is 14.5. The number of piperidine rings is 1. The molecule has 1 fully saturated rings. The molecule has 1 aliphatic rings. The Balaban J connectivity index is 1.30. The van der Waals surface area contributed by atoms with Gasteiger partial charge >= 0.3 is 0 Å². The molecule has 1 aromatic heterocycles. The molecule has 26 heavy (non-hydrogen) atoms. The summed E-state index contributed by atoms with van der Waals surface area (Å²) in [6.07, 6.45) is 1.84. The van der Waals surface area contributed by atoms with E-state index < -0.39 is 0 Å². The fourth-order valence-electron chi connectivity index (χ4n) is 3.45. The van der Waals surface area contributed by atoms with Crippen molar-refractivity contribution in [1.29, 1.82) is 0 Å². The number of nitrogens with zero attached hydrogens (tertiary/aromatic N) is 1. The summed E-state index contributed by atoms with van der Waals surface area (Å²) < 4.78 is 5.64. The highest BCUT2D eigenvalue weighted by atomic mass is 16.3. The summed E-state index contributed by atoms with van der Waals surface area (Å²) in [5.41, 5.74) is 1.92. The van der Waals surface area contributed by atoms with E-state index in [-0.39, 0.29) is 11.9 Å². The number of likely N-dealkylation sites (tertiary alicyclic amines) is 1. The van der Waals surface area contributed by atoms with Gasteiger partial charge in [-0.15, -0.1) is 0 Å². The van der Waals surface area contributed by atoms with Crippen molar-refractivity contribution in [2.45, 2.75) is 25.4 Å². The Morgan fingerprint density at radius 2 is 1.85 bits per heavy atom. The maximum Gasteiger partial charge on any atom is 0.287 e. The number of nitrogens with one attached hydrogen (secondary N) is 1. The molecule has 5 heteroatoms. The van der Waals surface area contributed by atoms with Crippen LogP contribution in [0.15, 0.2) is 59.0 Å². The molecule has 1 amide bonds. The van der Waals surface area contributed by atoms with E-state index in [1.54, 1.807) is 18.2 Å². The number of aromatic hydroxyl groups is 1. The highest BCUT2D eigenvalue weighted by Gasteiger charge is 2.22. The molecule has 0 radical (unpaired) electrons. The Labute approximate surface area is 152 Å². The lowest BCUT2D eigenvalue weighted by Crippen LogP contribution is -2.44. The monoisotopic (exact) mass is 350 g/mol. The van der Waals surface area contributed by atoms with Crippen molar-refractivity contribution in [1.82, 2.24) is 10.2 Å². The number of para-hydroxylation sites is 1. The smallest absolute Gasteiger partial charge is 0.287 e. The number of rotatable bonds is 4. The number of furan rings is 1. The molecule has 0 aliphatic carbocycles. The highest BCUT2D eigenvalue weighted by Crippen LogP contribution is 2.20. The average Bonchev–Trinajstić information content (AvgIpc) is 3.10. The summed E-state index contributed by atoms with van der Waals surface area (Å²) in [4.78, 5) is 14.8. The number of hydrogen-bond acceptors (Lipinski definition) is 4. The van der Waals surface area contributed by atoms with Crippen LogP contribution >= 0.6 is 0 Å². The maximum atomic E-state index is 12.4. The van der Waals surface area contributed by atoms with Crippen LogP contribution in [0.4, 0.5) is 0 Å². The van der Waals surface area contributed by atoms with Crippen LogP contribution in [0.3, 0.4) is 0 Å². The molecule has 134 valence electrons. The molecule has 0 saturated carbocycles. The summed E-state index contributed by atoms with van der Waals surface area (Å²) in [6, 6.07) is 16.9. The van der Waals surface area contributed by atoms with Gasteiger partial charge in [-0.1, -0.05) is 30.3 Å². The fourth-order valence-corrected chi connectivity index (χ4v) is 3.45. The highest BCUT2D eigenvalue weighted by molar-refractivity contribution is 5.96. The van der Waals surface area contributed by atoms with E-state index in [4.69, 9.17) is 4.42 Å². The minimum atomic E-state index is -0.141. The molecule has 2 aromatic carbocycles. The third-order valence-electron chi connectivity index (χ3n) is 4.91. The van der Waals surface area contributed by atoms with Crippen LogP contribution in [-0.2, 0) is 6.54 Å². The quantitative estimate of drug-likeness (QED) is 0.755.